The summed E-state index contributed by atoms with van der Waals surface area (Å²) in [6.45, 7) is 0. The number of rotatable bonds is 2. The highest BCUT2D eigenvalue weighted by Gasteiger charge is 2.55. The molecular formula is C24H23N3O2. The number of benzene rings is 1. The molecule has 1 aliphatic heterocycles. The van der Waals surface area contributed by atoms with E-state index in [4.69, 9.17) is 4.98 Å². The van der Waals surface area contributed by atoms with Gasteiger partial charge in [-0.3, -0.25) is 19.5 Å². The molecule has 5 heteroatoms. The van der Waals surface area contributed by atoms with E-state index >= 15 is 0 Å². The molecule has 29 heavy (non-hydrogen) atoms. The molecule has 0 N–H and O–H groups in total. The Balaban J connectivity index is 1.60. The van der Waals surface area contributed by atoms with Gasteiger partial charge in [0.2, 0.25) is 11.8 Å². The van der Waals surface area contributed by atoms with E-state index in [1.807, 2.05) is 18.2 Å². The van der Waals surface area contributed by atoms with Gasteiger partial charge in [0.15, 0.2) is 0 Å². The largest absolute Gasteiger partial charge is 0.274 e. The van der Waals surface area contributed by atoms with Crippen LogP contribution in [0, 0.1) is 17.2 Å². The minimum atomic E-state index is -1.02. The van der Waals surface area contributed by atoms with Crippen molar-refractivity contribution in [1.29, 1.82) is 5.26 Å². The van der Waals surface area contributed by atoms with Crippen LogP contribution in [-0.4, -0.2) is 16.8 Å². The smallest absolute Gasteiger partial charge is 0.239 e. The van der Waals surface area contributed by atoms with Crippen molar-refractivity contribution in [3.63, 3.8) is 0 Å². The zero-order valence-corrected chi connectivity index (χ0v) is 16.4. The number of pyridine rings is 1. The number of anilines is 1. The van der Waals surface area contributed by atoms with E-state index in [1.54, 1.807) is 12.1 Å². The summed E-state index contributed by atoms with van der Waals surface area (Å²) >= 11 is 0. The summed E-state index contributed by atoms with van der Waals surface area (Å²) in [5, 5.41) is 10.3. The molecular weight excluding hydrogens is 362 g/mol. The normalized spacial score (nSPS) is 26.0. The Hall–Kier alpha value is -3.00. The summed E-state index contributed by atoms with van der Waals surface area (Å²) in [5.41, 5.74) is 3.78. The number of imide groups is 1. The summed E-state index contributed by atoms with van der Waals surface area (Å²) < 4.78 is 0. The van der Waals surface area contributed by atoms with Crippen LogP contribution in [-0.2, 0) is 34.3 Å². The van der Waals surface area contributed by atoms with Crippen LogP contribution >= 0.6 is 0 Å². The third-order valence-corrected chi connectivity index (χ3v) is 6.77. The summed E-state index contributed by atoms with van der Waals surface area (Å²) in [7, 11) is 0. The summed E-state index contributed by atoms with van der Waals surface area (Å²) in [6.07, 6.45) is 6.63. The Morgan fingerprint density at radius 2 is 1.79 bits per heavy atom. The number of fused-ring (bicyclic) bond motifs is 2. The number of hydrogen-bond donors (Lipinski definition) is 0. The lowest BCUT2D eigenvalue weighted by Gasteiger charge is -2.36. The molecule has 1 aromatic heterocycles. The molecule has 5 rings (SSSR count). The minimum Gasteiger partial charge on any atom is -0.274 e. The molecule has 0 spiro atoms. The first kappa shape index (κ1) is 18.1. The van der Waals surface area contributed by atoms with E-state index < -0.39 is 11.3 Å². The summed E-state index contributed by atoms with van der Waals surface area (Å²) in [5.74, 6) is -1.17. The number of carbonyl (C=O) groups is 2. The molecule has 5 nitrogen and oxygen atoms in total. The van der Waals surface area contributed by atoms with Crippen molar-refractivity contribution in [2.45, 2.75) is 56.8 Å². The highest BCUT2D eigenvalue weighted by atomic mass is 16.2. The van der Waals surface area contributed by atoms with Crippen LogP contribution in [0.25, 0.3) is 0 Å². The number of carbonyl (C=O) groups excluding carboxylic acids is 2. The van der Waals surface area contributed by atoms with Crippen LogP contribution in [0.1, 0.15) is 54.6 Å². The molecule has 1 aromatic carbocycles. The van der Waals surface area contributed by atoms with Crippen molar-refractivity contribution in [1.82, 2.24) is 4.98 Å². The van der Waals surface area contributed by atoms with Gasteiger partial charge in [0.25, 0.3) is 0 Å². The van der Waals surface area contributed by atoms with Crippen LogP contribution in [0.4, 0.5) is 5.69 Å². The highest BCUT2D eigenvalue weighted by molar-refractivity contribution is 6.21. The average Bonchev–Trinajstić information content (AvgIpc) is 3.06. The second-order valence-corrected chi connectivity index (χ2v) is 8.41. The molecule has 2 amide bonds. The predicted octanol–water partition coefficient (Wildman–Crippen LogP) is 3.64. The monoisotopic (exact) mass is 385 g/mol. The molecule has 0 saturated carbocycles. The Kier molecular flexibility index (Phi) is 4.24. The van der Waals surface area contributed by atoms with E-state index in [9.17, 15) is 14.9 Å². The first-order chi connectivity index (χ1) is 14.1. The van der Waals surface area contributed by atoms with Crippen molar-refractivity contribution < 1.29 is 9.59 Å². The fourth-order valence-corrected chi connectivity index (χ4v) is 5.33. The zero-order chi connectivity index (χ0) is 20.0. The topological polar surface area (TPSA) is 74.1 Å². The number of para-hydroxylation sites is 1. The van der Waals surface area contributed by atoms with Gasteiger partial charge in [-0.05, 0) is 68.2 Å². The number of hydrogen-bond acceptors (Lipinski definition) is 4. The summed E-state index contributed by atoms with van der Waals surface area (Å²) in [6, 6.07) is 13.7. The third-order valence-electron chi connectivity index (χ3n) is 6.77. The molecule has 2 aromatic rings. The lowest BCUT2D eigenvalue weighted by Crippen LogP contribution is -2.43. The first-order valence-electron chi connectivity index (χ1n) is 10.5. The Morgan fingerprint density at radius 3 is 2.59 bits per heavy atom. The van der Waals surface area contributed by atoms with Crippen LogP contribution in [0.15, 0.2) is 36.4 Å². The standard InChI is InChI=1S/C24H23N3O2/c25-15-24(19-14-21(28)27(23(19)29)18-9-2-1-3-10-18)12-6-8-17-13-16-7-4-5-11-20(16)26-22(17)24/h1-3,9-10,13,19H,4-8,11-12,14H2/t19-,24-/m0/s1. The van der Waals surface area contributed by atoms with Gasteiger partial charge in [-0.15, -0.1) is 0 Å². The van der Waals surface area contributed by atoms with E-state index in [0.717, 1.165) is 49.1 Å². The number of amides is 2. The molecule has 0 bridgehead atoms. The van der Waals surface area contributed by atoms with Gasteiger partial charge in [-0.1, -0.05) is 24.3 Å². The van der Waals surface area contributed by atoms with Gasteiger partial charge in [0.05, 0.1) is 23.4 Å². The van der Waals surface area contributed by atoms with Gasteiger partial charge in [0, 0.05) is 12.1 Å². The fourth-order valence-electron chi connectivity index (χ4n) is 5.33. The van der Waals surface area contributed by atoms with Crippen LogP contribution in [0.5, 0.6) is 0 Å². The molecule has 1 saturated heterocycles. The van der Waals surface area contributed by atoms with Crippen LogP contribution < -0.4 is 4.90 Å². The lowest BCUT2D eigenvalue weighted by molar-refractivity contribution is -0.123. The van der Waals surface area contributed by atoms with Crippen LogP contribution in [0.3, 0.4) is 0 Å². The maximum absolute atomic E-state index is 13.4. The molecule has 2 heterocycles. The van der Waals surface area contributed by atoms with Crippen molar-refractivity contribution >= 4 is 17.5 Å². The zero-order valence-electron chi connectivity index (χ0n) is 16.4. The van der Waals surface area contributed by atoms with Gasteiger partial charge in [-0.25, -0.2) is 0 Å². The van der Waals surface area contributed by atoms with Crippen molar-refractivity contribution in [2.24, 2.45) is 5.92 Å². The SMILES string of the molecule is N#C[C@]1([C@H]2CC(=O)N(c3ccccc3)C2=O)CCCc2cc3c(nc21)CCCC3. The number of aromatic nitrogens is 1. The highest BCUT2D eigenvalue weighted by Crippen LogP contribution is 2.47. The van der Waals surface area contributed by atoms with Gasteiger partial charge in [0.1, 0.15) is 5.41 Å². The van der Waals surface area contributed by atoms with E-state index in [1.165, 1.54) is 16.9 Å². The van der Waals surface area contributed by atoms with Crippen molar-refractivity contribution in [2.75, 3.05) is 4.90 Å². The van der Waals surface area contributed by atoms with Gasteiger partial charge >= 0.3 is 0 Å². The third kappa shape index (κ3) is 2.70. The summed E-state index contributed by atoms with van der Waals surface area (Å²) in [4.78, 5) is 32.5. The van der Waals surface area contributed by atoms with Gasteiger partial charge in [-0.2, -0.15) is 5.26 Å². The van der Waals surface area contributed by atoms with Crippen molar-refractivity contribution in [3.8, 4) is 6.07 Å². The van der Waals surface area contributed by atoms with Gasteiger partial charge < -0.3 is 0 Å². The number of nitrogens with zero attached hydrogens (tertiary/aromatic N) is 3. The molecule has 0 unspecified atom stereocenters. The predicted molar refractivity (Wildman–Crippen MR) is 108 cm³/mol. The van der Waals surface area contributed by atoms with Crippen molar-refractivity contribution in [3.05, 3.63) is 58.9 Å². The number of nitriles is 1. The molecule has 0 radical (unpaired) electrons. The second kappa shape index (κ2) is 6.81. The molecule has 3 aliphatic rings. The van der Waals surface area contributed by atoms with E-state index in [-0.39, 0.29) is 18.2 Å². The quantitative estimate of drug-likeness (QED) is 0.740. The fraction of sp³-hybridized carbons (Fsp3) is 0.417. The van der Waals surface area contributed by atoms with E-state index in [0.29, 0.717) is 12.1 Å². The maximum atomic E-state index is 13.4. The molecule has 146 valence electrons. The first-order valence-corrected chi connectivity index (χ1v) is 10.5. The average molecular weight is 385 g/mol. The minimum absolute atomic E-state index is 0.0689. The second-order valence-electron chi connectivity index (χ2n) is 8.41. The molecule has 1 fully saturated rings. The lowest BCUT2D eigenvalue weighted by atomic mass is 9.65. The molecule has 2 aliphatic carbocycles. The number of aryl methyl sites for hydroxylation is 3. The Bertz CT molecular complexity index is 1040. The Labute approximate surface area is 170 Å². The van der Waals surface area contributed by atoms with Crippen LogP contribution in [0.2, 0.25) is 0 Å². The molecule has 2 atom stereocenters. The maximum Gasteiger partial charge on any atom is 0.239 e. The van der Waals surface area contributed by atoms with E-state index in [2.05, 4.69) is 12.1 Å². The Morgan fingerprint density at radius 1 is 1.03 bits per heavy atom.